The largest absolute Gasteiger partial charge is 0.420 e. The highest BCUT2D eigenvalue weighted by atomic mass is 16.6. The molecule has 3 rings (SSSR count). The van der Waals surface area contributed by atoms with E-state index in [1.165, 1.54) is 12.1 Å². The van der Waals surface area contributed by atoms with Gasteiger partial charge in [-0.15, -0.1) is 10.2 Å². The van der Waals surface area contributed by atoms with Crippen LogP contribution in [0.2, 0.25) is 0 Å². The molecular weight excluding hydrogens is 270 g/mol. The van der Waals surface area contributed by atoms with Crippen molar-refractivity contribution < 1.29 is 9.34 Å². The Labute approximate surface area is 120 Å². The molecule has 1 aromatic heterocycles. The molecule has 3 aromatic rings. The normalized spacial score (nSPS) is 10.5. The fourth-order valence-corrected chi connectivity index (χ4v) is 1.94. The highest BCUT2D eigenvalue weighted by molar-refractivity contribution is 5.55. The molecule has 0 aliphatic carbocycles. The molecule has 104 valence electrons. The summed E-state index contributed by atoms with van der Waals surface area (Å²) in [5, 5.41) is 18.6. The van der Waals surface area contributed by atoms with E-state index in [1.807, 2.05) is 30.3 Å². The van der Waals surface area contributed by atoms with E-state index in [0.717, 1.165) is 5.56 Å². The Morgan fingerprint density at radius 3 is 2.38 bits per heavy atom. The molecule has 0 saturated carbocycles. The second-order valence-corrected chi connectivity index (χ2v) is 4.47. The van der Waals surface area contributed by atoms with Crippen LogP contribution in [-0.2, 0) is 6.42 Å². The summed E-state index contributed by atoms with van der Waals surface area (Å²) in [4.78, 5) is 10.2. The number of aromatic nitrogens is 2. The highest BCUT2D eigenvalue weighted by Crippen LogP contribution is 2.21. The molecule has 0 amide bonds. The summed E-state index contributed by atoms with van der Waals surface area (Å²) in [5.41, 5.74) is 1.77. The van der Waals surface area contributed by atoms with Gasteiger partial charge in [-0.3, -0.25) is 10.1 Å². The monoisotopic (exact) mass is 281 g/mol. The van der Waals surface area contributed by atoms with Gasteiger partial charge in [-0.05, 0) is 17.7 Å². The molecule has 2 aromatic carbocycles. The Morgan fingerprint density at radius 2 is 1.71 bits per heavy atom. The first-order valence-corrected chi connectivity index (χ1v) is 6.33. The van der Waals surface area contributed by atoms with Gasteiger partial charge in [0.25, 0.3) is 5.69 Å². The highest BCUT2D eigenvalue weighted by Gasteiger charge is 2.11. The molecule has 0 N–H and O–H groups in total. The number of rotatable bonds is 4. The standard InChI is InChI=1S/C15H11N3O3/c19-18(20)13-8-6-12(7-9-13)15-17-16-14(21-15)10-11-4-2-1-3-5-11/h1-9H,10H2. The maximum absolute atomic E-state index is 10.6. The SMILES string of the molecule is O=[N+]([O-])c1ccc(-c2nnc(Cc3ccccc3)o2)cc1. The van der Waals surface area contributed by atoms with Gasteiger partial charge >= 0.3 is 0 Å². The van der Waals surface area contributed by atoms with Crippen molar-refractivity contribution in [3.05, 3.63) is 76.2 Å². The maximum atomic E-state index is 10.6. The van der Waals surface area contributed by atoms with Gasteiger partial charge in [0, 0.05) is 17.7 Å². The van der Waals surface area contributed by atoms with Crippen LogP contribution in [0.15, 0.2) is 59.0 Å². The van der Waals surface area contributed by atoms with Crippen LogP contribution in [0.3, 0.4) is 0 Å². The molecule has 0 bridgehead atoms. The van der Waals surface area contributed by atoms with Crippen molar-refractivity contribution in [2.24, 2.45) is 0 Å². The Balaban J connectivity index is 1.80. The van der Waals surface area contributed by atoms with Crippen LogP contribution in [0, 0.1) is 10.1 Å². The third-order valence-electron chi connectivity index (χ3n) is 2.99. The first-order valence-electron chi connectivity index (χ1n) is 6.33. The lowest BCUT2D eigenvalue weighted by Gasteiger charge is -1.96. The Bertz CT molecular complexity index is 751. The molecule has 6 nitrogen and oxygen atoms in total. The second-order valence-electron chi connectivity index (χ2n) is 4.47. The lowest BCUT2D eigenvalue weighted by molar-refractivity contribution is -0.384. The van der Waals surface area contributed by atoms with Gasteiger partial charge in [0.1, 0.15) is 0 Å². The molecule has 0 aliphatic heterocycles. The Kier molecular flexibility index (Phi) is 3.42. The lowest BCUT2D eigenvalue weighted by Crippen LogP contribution is -1.87. The summed E-state index contributed by atoms with van der Waals surface area (Å²) in [7, 11) is 0. The molecule has 0 radical (unpaired) electrons. The van der Waals surface area contributed by atoms with Crippen LogP contribution in [0.4, 0.5) is 5.69 Å². The molecule has 21 heavy (non-hydrogen) atoms. The van der Waals surface area contributed by atoms with E-state index in [-0.39, 0.29) is 5.69 Å². The molecule has 0 atom stereocenters. The average Bonchev–Trinajstić information content (AvgIpc) is 2.97. The summed E-state index contributed by atoms with van der Waals surface area (Å²) >= 11 is 0. The van der Waals surface area contributed by atoms with Crippen LogP contribution in [-0.4, -0.2) is 15.1 Å². The van der Waals surface area contributed by atoms with E-state index in [1.54, 1.807) is 12.1 Å². The molecule has 1 heterocycles. The van der Waals surface area contributed by atoms with Gasteiger partial charge in [0.2, 0.25) is 11.8 Å². The van der Waals surface area contributed by atoms with Crippen molar-refractivity contribution in [2.75, 3.05) is 0 Å². The quantitative estimate of drug-likeness (QED) is 0.541. The number of nitrogens with zero attached hydrogens (tertiary/aromatic N) is 3. The molecule has 0 fully saturated rings. The number of nitro benzene ring substituents is 1. The lowest BCUT2D eigenvalue weighted by atomic mass is 10.1. The fourth-order valence-electron chi connectivity index (χ4n) is 1.94. The van der Waals surface area contributed by atoms with Gasteiger partial charge in [-0.2, -0.15) is 0 Å². The van der Waals surface area contributed by atoms with Gasteiger partial charge in [-0.25, -0.2) is 0 Å². The Hall–Kier alpha value is -3.02. The molecule has 0 spiro atoms. The summed E-state index contributed by atoms with van der Waals surface area (Å²) in [5.74, 6) is 0.866. The second kappa shape index (κ2) is 5.54. The van der Waals surface area contributed by atoms with Crippen molar-refractivity contribution in [1.29, 1.82) is 0 Å². The average molecular weight is 281 g/mol. The minimum atomic E-state index is -0.446. The zero-order valence-corrected chi connectivity index (χ0v) is 11.0. The maximum Gasteiger partial charge on any atom is 0.269 e. The molecule has 6 heteroatoms. The van der Waals surface area contributed by atoms with Gasteiger partial charge in [0.05, 0.1) is 11.3 Å². The topological polar surface area (TPSA) is 82.1 Å². The van der Waals surface area contributed by atoms with Crippen molar-refractivity contribution in [3.8, 4) is 11.5 Å². The first-order chi connectivity index (χ1) is 10.2. The van der Waals surface area contributed by atoms with Crippen LogP contribution in [0.5, 0.6) is 0 Å². The summed E-state index contributed by atoms with van der Waals surface area (Å²) < 4.78 is 5.58. The smallest absolute Gasteiger partial charge is 0.269 e. The predicted octanol–water partition coefficient (Wildman–Crippen LogP) is 3.24. The minimum absolute atomic E-state index is 0.0303. The van der Waals surface area contributed by atoms with Gasteiger partial charge < -0.3 is 4.42 Å². The van der Waals surface area contributed by atoms with Crippen molar-refractivity contribution in [2.45, 2.75) is 6.42 Å². The van der Waals surface area contributed by atoms with Crippen LogP contribution < -0.4 is 0 Å². The number of hydrogen-bond donors (Lipinski definition) is 0. The predicted molar refractivity (Wildman–Crippen MR) is 75.6 cm³/mol. The van der Waals surface area contributed by atoms with Crippen molar-refractivity contribution >= 4 is 5.69 Å². The third kappa shape index (κ3) is 2.94. The van der Waals surface area contributed by atoms with E-state index >= 15 is 0 Å². The van der Waals surface area contributed by atoms with Crippen LogP contribution >= 0.6 is 0 Å². The number of benzene rings is 2. The zero-order valence-electron chi connectivity index (χ0n) is 11.0. The number of hydrogen-bond acceptors (Lipinski definition) is 5. The van der Waals surface area contributed by atoms with Gasteiger partial charge in [0.15, 0.2) is 0 Å². The fraction of sp³-hybridized carbons (Fsp3) is 0.0667. The van der Waals surface area contributed by atoms with E-state index in [0.29, 0.717) is 23.8 Å². The summed E-state index contributed by atoms with van der Waals surface area (Å²) in [6.45, 7) is 0. The van der Waals surface area contributed by atoms with Gasteiger partial charge in [-0.1, -0.05) is 30.3 Å². The van der Waals surface area contributed by atoms with Crippen LogP contribution in [0.25, 0.3) is 11.5 Å². The third-order valence-corrected chi connectivity index (χ3v) is 2.99. The van der Waals surface area contributed by atoms with Crippen molar-refractivity contribution in [1.82, 2.24) is 10.2 Å². The van der Waals surface area contributed by atoms with E-state index in [2.05, 4.69) is 10.2 Å². The summed E-state index contributed by atoms with van der Waals surface area (Å²) in [6, 6.07) is 15.8. The van der Waals surface area contributed by atoms with Crippen molar-refractivity contribution in [3.63, 3.8) is 0 Å². The minimum Gasteiger partial charge on any atom is -0.420 e. The molecular formula is C15H11N3O3. The molecule has 0 unspecified atom stereocenters. The Morgan fingerprint density at radius 1 is 1.00 bits per heavy atom. The number of nitro groups is 1. The summed E-state index contributed by atoms with van der Waals surface area (Å²) in [6.07, 6.45) is 0.556. The van der Waals surface area contributed by atoms with E-state index in [9.17, 15) is 10.1 Å². The van der Waals surface area contributed by atoms with E-state index in [4.69, 9.17) is 4.42 Å². The van der Waals surface area contributed by atoms with Crippen LogP contribution in [0.1, 0.15) is 11.5 Å². The van der Waals surface area contributed by atoms with E-state index < -0.39 is 4.92 Å². The first kappa shape index (κ1) is 13.0. The molecule has 0 aliphatic rings. The zero-order chi connectivity index (χ0) is 14.7. The molecule has 0 saturated heterocycles. The number of non-ortho nitro benzene ring substituents is 1.